The third-order valence-corrected chi connectivity index (χ3v) is 5.74. The predicted molar refractivity (Wildman–Crippen MR) is 109 cm³/mol. The van der Waals surface area contributed by atoms with Gasteiger partial charge in [-0.2, -0.15) is 5.26 Å². The summed E-state index contributed by atoms with van der Waals surface area (Å²) in [6, 6.07) is 6.56. The minimum absolute atomic E-state index is 0.0653. The van der Waals surface area contributed by atoms with Gasteiger partial charge in [0.25, 0.3) is 0 Å². The zero-order valence-electron chi connectivity index (χ0n) is 16.6. The molecule has 2 unspecified atom stereocenters. The van der Waals surface area contributed by atoms with E-state index in [9.17, 15) is 10.4 Å². The van der Waals surface area contributed by atoms with Crippen LogP contribution in [0.2, 0.25) is 0 Å². The van der Waals surface area contributed by atoms with Gasteiger partial charge in [0, 0.05) is 50.0 Å². The lowest BCUT2D eigenvalue weighted by Gasteiger charge is -2.37. The van der Waals surface area contributed by atoms with Gasteiger partial charge >= 0.3 is 0 Å². The molecular weight excluding hydrogens is 350 g/mol. The summed E-state index contributed by atoms with van der Waals surface area (Å²) < 4.78 is 1.87. The lowest BCUT2D eigenvalue weighted by Crippen LogP contribution is -2.39. The van der Waals surface area contributed by atoms with Crippen LogP contribution in [0.5, 0.6) is 0 Å². The number of imidazole rings is 1. The van der Waals surface area contributed by atoms with Gasteiger partial charge in [0.2, 0.25) is 0 Å². The number of nitrogens with zero attached hydrogens (tertiary/aromatic N) is 5. The third-order valence-electron chi connectivity index (χ3n) is 5.74. The molecule has 3 heterocycles. The quantitative estimate of drug-likeness (QED) is 0.759. The summed E-state index contributed by atoms with van der Waals surface area (Å²) in [6.07, 6.45) is 6.53. The first-order valence-electron chi connectivity index (χ1n) is 9.70. The van der Waals surface area contributed by atoms with E-state index in [1.807, 2.05) is 17.8 Å². The van der Waals surface area contributed by atoms with E-state index in [-0.39, 0.29) is 5.92 Å². The van der Waals surface area contributed by atoms with Crippen LogP contribution in [0, 0.1) is 31.1 Å². The molecule has 0 aliphatic carbocycles. The van der Waals surface area contributed by atoms with Gasteiger partial charge in [0.1, 0.15) is 18.0 Å². The van der Waals surface area contributed by atoms with Gasteiger partial charge in [0.15, 0.2) is 0 Å². The van der Waals surface area contributed by atoms with Crippen molar-refractivity contribution < 1.29 is 5.11 Å². The van der Waals surface area contributed by atoms with Gasteiger partial charge in [-0.25, -0.2) is 4.98 Å². The molecule has 1 aliphatic heterocycles. The number of aliphatic hydroxyl groups is 1. The maximum atomic E-state index is 10.9. The molecule has 4 rings (SSSR count). The predicted octanol–water partition coefficient (Wildman–Crippen LogP) is 3.41. The maximum absolute atomic E-state index is 10.9. The van der Waals surface area contributed by atoms with Crippen LogP contribution in [-0.2, 0) is 7.05 Å². The smallest absolute Gasteiger partial charge is 0.137 e. The van der Waals surface area contributed by atoms with E-state index in [1.165, 1.54) is 0 Å². The number of benzene rings is 1. The highest BCUT2D eigenvalue weighted by Gasteiger charge is 2.31. The first-order valence-corrected chi connectivity index (χ1v) is 9.70. The zero-order chi connectivity index (χ0) is 19.8. The van der Waals surface area contributed by atoms with E-state index >= 15 is 0 Å². The van der Waals surface area contributed by atoms with Crippen LogP contribution in [0.3, 0.4) is 0 Å². The Bertz CT molecular complexity index is 1060. The Morgan fingerprint density at radius 2 is 2.11 bits per heavy atom. The molecule has 0 amide bonds. The molecule has 28 heavy (non-hydrogen) atoms. The molecule has 144 valence electrons. The molecular formula is C22H25N5O. The van der Waals surface area contributed by atoms with Crippen molar-refractivity contribution in [3.63, 3.8) is 0 Å². The standard InChI is InChI=1S/C22H25N5O/c1-14-9-15(2)19-18(10-14)20(17(11-23)12-25-19)27-7-4-5-16(13-27)21(28)22-24-6-8-26(22)3/h6,8-10,12,16,21,28H,4-5,7,13H2,1-3H3. The molecule has 0 bridgehead atoms. The molecule has 1 aromatic carbocycles. The number of pyridine rings is 1. The Morgan fingerprint density at radius 1 is 1.29 bits per heavy atom. The van der Waals surface area contributed by atoms with Crippen LogP contribution in [0.4, 0.5) is 5.69 Å². The number of aliphatic hydroxyl groups excluding tert-OH is 1. The van der Waals surface area contributed by atoms with Crippen LogP contribution < -0.4 is 4.90 Å². The second-order valence-corrected chi connectivity index (χ2v) is 7.80. The van der Waals surface area contributed by atoms with Gasteiger partial charge in [-0.15, -0.1) is 0 Å². The van der Waals surface area contributed by atoms with Crippen LogP contribution in [0.25, 0.3) is 10.9 Å². The van der Waals surface area contributed by atoms with E-state index in [0.717, 1.165) is 47.1 Å². The second kappa shape index (κ2) is 7.25. The Morgan fingerprint density at radius 3 is 2.82 bits per heavy atom. The van der Waals surface area contributed by atoms with E-state index < -0.39 is 6.10 Å². The summed E-state index contributed by atoms with van der Waals surface area (Å²) in [6.45, 7) is 5.68. The van der Waals surface area contributed by atoms with Crippen LogP contribution >= 0.6 is 0 Å². The number of hydrogen-bond acceptors (Lipinski definition) is 5. The number of piperidine rings is 1. The summed E-state index contributed by atoms with van der Waals surface area (Å²) in [5, 5.41) is 21.7. The minimum Gasteiger partial charge on any atom is -0.385 e. The number of anilines is 1. The fourth-order valence-corrected chi connectivity index (χ4v) is 4.41. The highest BCUT2D eigenvalue weighted by molar-refractivity contribution is 5.96. The first-order chi connectivity index (χ1) is 13.5. The molecule has 0 radical (unpaired) electrons. The van der Waals surface area contributed by atoms with Crippen LogP contribution in [-0.4, -0.2) is 32.7 Å². The first kappa shape index (κ1) is 18.5. The number of rotatable bonds is 3. The lowest BCUT2D eigenvalue weighted by atomic mass is 9.90. The molecule has 6 nitrogen and oxygen atoms in total. The summed E-state index contributed by atoms with van der Waals surface area (Å²) in [7, 11) is 1.90. The number of fused-ring (bicyclic) bond motifs is 1. The molecule has 1 saturated heterocycles. The summed E-state index contributed by atoms with van der Waals surface area (Å²) in [4.78, 5) is 11.1. The van der Waals surface area contributed by atoms with Gasteiger partial charge in [-0.1, -0.05) is 11.6 Å². The zero-order valence-corrected chi connectivity index (χ0v) is 16.6. The van der Waals surface area contributed by atoms with E-state index in [0.29, 0.717) is 17.9 Å². The van der Waals surface area contributed by atoms with Crippen molar-refractivity contribution in [2.75, 3.05) is 18.0 Å². The van der Waals surface area contributed by atoms with Crippen LogP contribution in [0.15, 0.2) is 30.7 Å². The van der Waals surface area contributed by atoms with Gasteiger partial charge in [-0.05, 0) is 38.3 Å². The van der Waals surface area contributed by atoms with Crippen molar-refractivity contribution in [2.24, 2.45) is 13.0 Å². The molecule has 0 saturated carbocycles. The SMILES string of the molecule is Cc1cc(C)c2ncc(C#N)c(N3CCCC(C(O)c4nccn4C)C3)c2c1. The third kappa shape index (κ3) is 3.12. The van der Waals surface area contributed by atoms with Crippen molar-refractivity contribution >= 4 is 16.6 Å². The Labute approximate surface area is 165 Å². The van der Waals surface area contributed by atoms with E-state index in [1.54, 1.807) is 12.4 Å². The molecule has 1 aliphatic rings. The lowest BCUT2D eigenvalue weighted by molar-refractivity contribution is 0.0875. The normalized spacial score (nSPS) is 18.2. The molecule has 3 aromatic rings. The molecule has 2 aromatic heterocycles. The Hall–Kier alpha value is -2.91. The molecule has 6 heteroatoms. The second-order valence-electron chi connectivity index (χ2n) is 7.80. The summed E-state index contributed by atoms with van der Waals surface area (Å²) >= 11 is 0. The van der Waals surface area contributed by atoms with Gasteiger partial charge in [0.05, 0.1) is 16.8 Å². The fourth-order valence-electron chi connectivity index (χ4n) is 4.41. The van der Waals surface area contributed by atoms with Crippen molar-refractivity contribution in [2.45, 2.75) is 32.8 Å². The largest absolute Gasteiger partial charge is 0.385 e. The monoisotopic (exact) mass is 375 g/mol. The summed E-state index contributed by atoms with van der Waals surface area (Å²) in [5.41, 5.74) is 4.74. The Balaban J connectivity index is 1.75. The van der Waals surface area contributed by atoms with Gasteiger partial charge in [-0.3, -0.25) is 4.98 Å². The number of nitriles is 1. The van der Waals surface area contributed by atoms with Crippen LogP contribution in [0.1, 0.15) is 41.5 Å². The minimum atomic E-state index is -0.620. The fraction of sp³-hybridized carbons (Fsp3) is 0.409. The summed E-state index contributed by atoms with van der Waals surface area (Å²) in [5.74, 6) is 0.758. The average molecular weight is 375 g/mol. The van der Waals surface area contributed by atoms with E-state index in [2.05, 4.69) is 46.9 Å². The van der Waals surface area contributed by atoms with Crippen molar-refractivity contribution in [1.29, 1.82) is 5.26 Å². The molecule has 0 spiro atoms. The molecule has 1 N–H and O–H groups in total. The van der Waals surface area contributed by atoms with E-state index in [4.69, 9.17) is 0 Å². The number of aromatic nitrogens is 3. The van der Waals surface area contributed by atoms with Crippen molar-refractivity contribution in [3.05, 3.63) is 53.2 Å². The highest BCUT2D eigenvalue weighted by Crippen LogP contribution is 2.36. The average Bonchev–Trinajstić information content (AvgIpc) is 3.12. The van der Waals surface area contributed by atoms with Gasteiger partial charge < -0.3 is 14.6 Å². The number of aryl methyl sites for hydroxylation is 3. The molecule has 1 fully saturated rings. The maximum Gasteiger partial charge on any atom is 0.137 e. The number of hydrogen-bond donors (Lipinski definition) is 1. The van der Waals surface area contributed by atoms with Crippen molar-refractivity contribution in [3.8, 4) is 6.07 Å². The van der Waals surface area contributed by atoms with Crippen molar-refractivity contribution in [1.82, 2.24) is 14.5 Å². The Kier molecular flexibility index (Phi) is 4.78. The topological polar surface area (TPSA) is 78.0 Å². The highest BCUT2D eigenvalue weighted by atomic mass is 16.3. The molecule has 2 atom stereocenters.